The average molecular weight is 321 g/mol. The van der Waals surface area contributed by atoms with Gasteiger partial charge in [-0.2, -0.15) is 0 Å². The van der Waals surface area contributed by atoms with Gasteiger partial charge in [-0.05, 0) is 57.9 Å². The van der Waals surface area contributed by atoms with E-state index < -0.39 is 0 Å². The number of thiophene rings is 1. The van der Waals surface area contributed by atoms with Gasteiger partial charge in [0.15, 0.2) is 5.78 Å². The predicted molar refractivity (Wildman–Crippen MR) is 78.6 cm³/mol. The Balaban J connectivity index is 1.74. The number of carbonyl (C=O) groups is 1. The maximum atomic E-state index is 12.2. The molecule has 1 heterocycles. The van der Waals surface area contributed by atoms with Crippen molar-refractivity contribution in [3.05, 3.63) is 55.7 Å². The Bertz CT molecular complexity index is 595. The average Bonchev–Trinajstić information content (AvgIpc) is 2.67. The van der Waals surface area contributed by atoms with Crippen molar-refractivity contribution in [1.29, 1.82) is 0 Å². The SMILES string of the molecule is Cc1cc(C(=O)CC2Cc3ccccc32)sc1Br. The van der Waals surface area contributed by atoms with Gasteiger partial charge in [-0.25, -0.2) is 0 Å². The molecule has 1 nitrogen and oxygen atoms in total. The van der Waals surface area contributed by atoms with E-state index in [1.165, 1.54) is 11.1 Å². The van der Waals surface area contributed by atoms with Gasteiger partial charge in [0, 0.05) is 6.42 Å². The molecular formula is C15H13BrOS. The highest BCUT2D eigenvalue weighted by Gasteiger charge is 2.28. The highest BCUT2D eigenvalue weighted by molar-refractivity contribution is 9.11. The minimum atomic E-state index is 0.272. The number of aryl methyl sites for hydroxylation is 1. The molecule has 18 heavy (non-hydrogen) atoms. The molecule has 1 aliphatic rings. The van der Waals surface area contributed by atoms with Crippen LogP contribution in [-0.4, -0.2) is 5.78 Å². The van der Waals surface area contributed by atoms with Crippen LogP contribution in [-0.2, 0) is 6.42 Å². The van der Waals surface area contributed by atoms with Crippen LogP contribution in [0.15, 0.2) is 34.1 Å². The number of Topliss-reactive ketones (excluding diaryl/α,β-unsaturated/α-hetero) is 1. The fraction of sp³-hybridized carbons (Fsp3) is 0.267. The van der Waals surface area contributed by atoms with Crippen molar-refractivity contribution in [2.45, 2.75) is 25.7 Å². The number of benzene rings is 1. The van der Waals surface area contributed by atoms with Crippen LogP contribution in [0.2, 0.25) is 0 Å². The van der Waals surface area contributed by atoms with E-state index in [9.17, 15) is 4.79 Å². The molecule has 92 valence electrons. The first-order valence-corrected chi connectivity index (χ1v) is 7.63. The van der Waals surface area contributed by atoms with Gasteiger partial charge in [-0.3, -0.25) is 4.79 Å². The van der Waals surface area contributed by atoms with E-state index in [4.69, 9.17) is 0 Å². The molecule has 1 aliphatic carbocycles. The highest BCUT2D eigenvalue weighted by Crippen LogP contribution is 2.39. The third-order valence-electron chi connectivity index (χ3n) is 3.53. The van der Waals surface area contributed by atoms with Crippen molar-refractivity contribution < 1.29 is 4.79 Å². The first kappa shape index (κ1) is 12.1. The van der Waals surface area contributed by atoms with Crippen molar-refractivity contribution in [2.75, 3.05) is 0 Å². The zero-order valence-corrected chi connectivity index (χ0v) is 12.5. The number of fused-ring (bicyclic) bond motifs is 1. The highest BCUT2D eigenvalue weighted by atomic mass is 79.9. The fourth-order valence-electron chi connectivity index (χ4n) is 2.47. The Hall–Kier alpha value is -0.930. The molecule has 0 saturated carbocycles. The van der Waals surface area contributed by atoms with Gasteiger partial charge in [0.1, 0.15) is 0 Å². The van der Waals surface area contributed by atoms with Crippen molar-refractivity contribution >= 4 is 33.0 Å². The second-order valence-corrected chi connectivity index (χ2v) is 7.16. The van der Waals surface area contributed by atoms with Crippen molar-refractivity contribution in [1.82, 2.24) is 0 Å². The van der Waals surface area contributed by atoms with Gasteiger partial charge >= 0.3 is 0 Å². The molecule has 0 saturated heterocycles. The number of hydrogen-bond donors (Lipinski definition) is 0. The van der Waals surface area contributed by atoms with E-state index in [0.29, 0.717) is 12.3 Å². The molecule has 1 aromatic carbocycles. The van der Waals surface area contributed by atoms with Crippen LogP contribution >= 0.6 is 27.3 Å². The monoisotopic (exact) mass is 320 g/mol. The van der Waals surface area contributed by atoms with Gasteiger partial charge in [0.2, 0.25) is 0 Å². The summed E-state index contributed by atoms with van der Waals surface area (Å²) < 4.78 is 1.07. The predicted octanol–water partition coefficient (Wildman–Crippen LogP) is 4.73. The van der Waals surface area contributed by atoms with Gasteiger partial charge in [0.05, 0.1) is 8.66 Å². The number of rotatable bonds is 3. The standard InChI is InChI=1S/C15H13BrOS/c1-9-6-14(18-15(9)16)13(17)8-11-7-10-4-2-3-5-12(10)11/h2-6,11H,7-8H2,1H3. The Labute approximate surface area is 119 Å². The lowest BCUT2D eigenvalue weighted by atomic mass is 9.75. The molecule has 0 aliphatic heterocycles. The second kappa shape index (κ2) is 4.63. The Morgan fingerprint density at radius 3 is 2.89 bits per heavy atom. The normalized spacial score (nSPS) is 17.1. The second-order valence-electron chi connectivity index (χ2n) is 4.79. The van der Waals surface area contributed by atoms with Crippen LogP contribution in [0, 0.1) is 6.92 Å². The summed E-state index contributed by atoms with van der Waals surface area (Å²) in [6.45, 7) is 2.02. The van der Waals surface area contributed by atoms with Crippen LogP contribution in [0.3, 0.4) is 0 Å². The molecule has 3 heteroatoms. The molecule has 0 radical (unpaired) electrons. The third-order valence-corrected chi connectivity index (χ3v) is 5.70. The smallest absolute Gasteiger partial charge is 0.173 e. The molecule has 2 aromatic rings. The van der Waals surface area contributed by atoms with Gasteiger partial charge in [-0.15, -0.1) is 11.3 Å². The fourth-order valence-corrected chi connectivity index (χ4v) is 3.95. The first-order valence-electron chi connectivity index (χ1n) is 6.02. The molecule has 3 rings (SSSR count). The molecule has 0 N–H and O–H groups in total. The molecule has 0 spiro atoms. The van der Waals surface area contributed by atoms with E-state index >= 15 is 0 Å². The summed E-state index contributed by atoms with van der Waals surface area (Å²) in [5.41, 5.74) is 3.91. The molecule has 0 bridgehead atoms. The summed E-state index contributed by atoms with van der Waals surface area (Å²) in [5, 5.41) is 0. The number of ketones is 1. The summed E-state index contributed by atoms with van der Waals surface area (Å²) in [5.74, 6) is 0.697. The van der Waals surface area contributed by atoms with Gasteiger partial charge in [0.25, 0.3) is 0 Å². The minimum absolute atomic E-state index is 0.272. The van der Waals surface area contributed by atoms with Crippen LogP contribution < -0.4 is 0 Å². The minimum Gasteiger partial charge on any atom is -0.293 e. The van der Waals surface area contributed by atoms with Crippen LogP contribution in [0.4, 0.5) is 0 Å². The van der Waals surface area contributed by atoms with E-state index in [0.717, 1.165) is 20.6 Å². The van der Waals surface area contributed by atoms with E-state index in [2.05, 4.69) is 40.2 Å². The van der Waals surface area contributed by atoms with Crippen molar-refractivity contribution in [3.8, 4) is 0 Å². The maximum Gasteiger partial charge on any atom is 0.173 e. The molecule has 0 fully saturated rings. The summed E-state index contributed by atoms with van der Waals surface area (Å²) in [6.07, 6.45) is 1.69. The lowest BCUT2D eigenvalue weighted by Crippen LogP contribution is -2.19. The largest absolute Gasteiger partial charge is 0.293 e. The Kier molecular flexibility index (Phi) is 3.12. The Morgan fingerprint density at radius 2 is 2.22 bits per heavy atom. The topological polar surface area (TPSA) is 17.1 Å². The van der Waals surface area contributed by atoms with Crippen molar-refractivity contribution in [2.24, 2.45) is 0 Å². The molecule has 0 amide bonds. The summed E-state index contributed by atoms with van der Waals surface area (Å²) in [7, 11) is 0. The molecule has 1 atom stereocenters. The molecule has 1 aromatic heterocycles. The molecular weight excluding hydrogens is 308 g/mol. The van der Waals surface area contributed by atoms with E-state index in [-0.39, 0.29) is 5.78 Å². The number of carbonyl (C=O) groups excluding carboxylic acids is 1. The van der Waals surface area contributed by atoms with E-state index in [1.54, 1.807) is 11.3 Å². The van der Waals surface area contributed by atoms with Crippen LogP contribution in [0.1, 0.15) is 38.7 Å². The quantitative estimate of drug-likeness (QED) is 0.747. The zero-order chi connectivity index (χ0) is 12.7. The zero-order valence-electron chi connectivity index (χ0n) is 10.1. The third kappa shape index (κ3) is 2.06. The molecule has 1 unspecified atom stereocenters. The lowest BCUT2D eigenvalue weighted by Gasteiger charge is -2.29. The van der Waals surface area contributed by atoms with Crippen LogP contribution in [0.5, 0.6) is 0 Å². The van der Waals surface area contributed by atoms with E-state index in [1.807, 2.05) is 13.0 Å². The summed E-state index contributed by atoms with van der Waals surface area (Å²) in [4.78, 5) is 13.1. The Morgan fingerprint density at radius 1 is 1.44 bits per heavy atom. The lowest BCUT2D eigenvalue weighted by molar-refractivity contribution is 0.0974. The summed E-state index contributed by atoms with van der Waals surface area (Å²) in [6, 6.07) is 10.4. The summed E-state index contributed by atoms with van der Waals surface area (Å²) >= 11 is 5.02. The van der Waals surface area contributed by atoms with Crippen LogP contribution in [0.25, 0.3) is 0 Å². The van der Waals surface area contributed by atoms with Crippen molar-refractivity contribution in [3.63, 3.8) is 0 Å². The number of hydrogen-bond acceptors (Lipinski definition) is 2. The number of halogens is 1. The van der Waals surface area contributed by atoms with Gasteiger partial charge < -0.3 is 0 Å². The first-order chi connectivity index (χ1) is 8.65. The van der Waals surface area contributed by atoms with Gasteiger partial charge in [-0.1, -0.05) is 24.3 Å². The maximum absolute atomic E-state index is 12.2.